The fourth-order valence-corrected chi connectivity index (χ4v) is 2.66. The third-order valence-corrected chi connectivity index (χ3v) is 4.11. The van der Waals surface area contributed by atoms with Gasteiger partial charge in [-0.3, -0.25) is 9.69 Å². The van der Waals surface area contributed by atoms with Crippen LogP contribution >= 0.6 is 0 Å². The molecule has 122 valence electrons. The Morgan fingerprint density at radius 3 is 2.52 bits per heavy atom. The number of alkyl halides is 3. The molecule has 1 N–H and O–H groups in total. The highest BCUT2D eigenvalue weighted by molar-refractivity contribution is 5.77. The molecule has 2 unspecified atom stereocenters. The summed E-state index contributed by atoms with van der Waals surface area (Å²) in [5, 5.41) is 3.20. The first-order valence-electron chi connectivity index (χ1n) is 7.27. The molecule has 8 heteroatoms. The van der Waals surface area contributed by atoms with Crippen LogP contribution in [0.2, 0.25) is 0 Å². The average Bonchev–Trinajstić information content (AvgIpc) is 2.46. The van der Waals surface area contributed by atoms with Crippen molar-refractivity contribution < 1.29 is 22.7 Å². The highest BCUT2D eigenvalue weighted by Gasteiger charge is 2.41. The molecular weight excluding hydrogens is 287 g/mol. The number of hydrogen-bond acceptors (Lipinski definition) is 4. The van der Waals surface area contributed by atoms with E-state index in [1.165, 1.54) is 11.8 Å². The lowest BCUT2D eigenvalue weighted by molar-refractivity contribution is -0.183. The summed E-state index contributed by atoms with van der Waals surface area (Å²) in [6, 6.07) is -1.44. The van der Waals surface area contributed by atoms with Crippen LogP contribution in [0.1, 0.15) is 13.3 Å². The molecular formula is C13H22F3N3O2. The second-order valence-electron chi connectivity index (χ2n) is 5.56. The van der Waals surface area contributed by atoms with Crippen molar-refractivity contribution >= 4 is 5.91 Å². The first kappa shape index (κ1) is 16.5. The van der Waals surface area contributed by atoms with E-state index >= 15 is 0 Å². The minimum absolute atomic E-state index is 0.0124. The number of carbonyl (C=O) groups excluding carboxylic acids is 1. The number of morpholine rings is 1. The van der Waals surface area contributed by atoms with Crippen LogP contribution in [-0.4, -0.2) is 79.9 Å². The standard InChI is InChI=1S/C13H22F3N3O2/c1-10(13(14,15)16)18-3-5-19(6-4-18)12(20)8-11-9-21-7-2-17-11/h10-11,17H,2-9H2,1H3. The van der Waals surface area contributed by atoms with Gasteiger partial charge in [0.1, 0.15) is 6.04 Å². The number of carbonyl (C=O) groups is 1. The predicted molar refractivity (Wildman–Crippen MR) is 70.9 cm³/mol. The molecule has 2 atom stereocenters. The minimum atomic E-state index is -4.21. The first-order chi connectivity index (χ1) is 9.88. The molecule has 1 amide bonds. The van der Waals surface area contributed by atoms with E-state index in [0.29, 0.717) is 32.7 Å². The van der Waals surface area contributed by atoms with Gasteiger partial charge in [0, 0.05) is 45.2 Å². The number of ether oxygens (including phenoxy) is 1. The van der Waals surface area contributed by atoms with Gasteiger partial charge in [-0.15, -0.1) is 0 Å². The Kier molecular flexibility index (Phi) is 5.45. The Labute approximate surface area is 122 Å². The summed E-state index contributed by atoms with van der Waals surface area (Å²) in [6.45, 7) is 4.30. The molecule has 2 fully saturated rings. The SMILES string of the molecule is CC(N1CCN(C(=O)CC2COCCN2)CC1)C(F)(F)F. The molecule has 2 aliphatic rings. The number of rotatable bonds is 3. The molecule has 2 aliphatic heterocycles. The van der Waals surface area contributed by atoms with Gasteiger partial charge in [0.15, 0.2) is 0 Å². The summed E-state index contributed by atoms with van der Waals surface area (Å²) in [4.78, 5) is 15.2. The average molecular weight is 309 g/mol. The van der Waals surface area contributed by atoms with E-state index < -0.39 is 12.2 Å². The number of nitrogens with one attached hydrogen (secondary N) is 1. The lowest BCUT2D eigenvalue weighted by atomic mass is 10.1. The number of nitrogens with zero attached hydrogens (tertiary/aromatic N) is 2. The van der Waals surface area contributed by atoms with Crippen molar-refractivity contribution in [3.63, 3.8) is 0 Å². The van der Waals surface area contributed by atoms with Gasteiger partial charge in [0.2, 0.25) is 5.91 Å². The molecule has 5 nitrogen and oxygen atoms in total. The van der Waals surface area contributed by atoms with E-state index in [9.17, 15) is 18.0 Å². The predicted octanol–water partition coefficient (Wildman–Crippen LogP) is 0.460. The second-order valence-corrected chi connectivity index (χ2v) is 5.56. The summed E-state index contributed by atoms with van der Waals surface area (Å²) in [6.07, 6.45) is -3.87. The highest BCUT2D eigenvalue weighted by Crippen LogP contribution is 2.25. The molecule has 21 heavy (non-hydrogen) atoms. The minimum Gasteiger partial charge on any atom is -0.378 e. The van der Waals surface area contributed by atoms with Crippen LogP contribution in [0.3, 0.4) is 0 Å². The van der Waals surface area contributed by atoms with Gasteiger partial charge < -0.3 is 15.0 Å². The van der Waals surface area contributed by atoms with Crippen LogP contribution in [0.15, 0.2) is 0 Å². The molecule has 2 rings (SSSR count). The van der Waals surface area contributed by atoms with Crippen LogP contribution < -0.4 is 5.32 Å². The van der Waals surface area contributed by atoms with E-state index in [-0.39, 0.29) is 25.0 Å². The Bertz CT molecular complexity index is 351. The normalized spacial score (nSPS) is 26.7. The van der Waals surface area contributed by atoms with Gasteiger partial charge in [-0.2, -0.15) is 13.2 Å². The lowest BCUT2D eigenvalue weighted by Gasteiger charge is -2.39. The molecule has 0 aromatic heterocycles. The molecule has 0 aromatic rings. The van der Waals surface area contributed by atoms with E-state index in [2.05, 4.69) is 5.32 Å². The quantitative estimate of drug-likeness (QED) is 0.823. The van der Waals surface area contributed by atoms with Gasteiger partial charge in [0.25, 0.3) is 0 Å². The van der Waals surface area contributed by atoms with E-state index in [1.807, 2.05) is 0 Å². The Morgan fingerprint density at radius 1 is 1.33 bits per heavy atom. The molecule has 0 saturated carbocycles. The number of hydrogen-bond donors (Lipinski definition) is 1. The monoisotopic (exact) mass is 309 g/mol. The van der Waals surface area contributed by atoms with Crippen molar-refractivity contribution in [2.24, 2.45) is 0 Å². The first-order valence-corrected chi connectivity index (χ1v) is 7.27. The molecule has 0 radical (unpaired) electrons. The smallest absolute Gasteiger partial charge is 0.378 e. The number of piperazine rings is 1. The molecule has 2 saturated heterocycles. The summed E-state index contributed by atoms with van der Waals surface area (Å²) < 4.78 is 43.3. The molecule has 0 spiro atoms. The van der Waals surface area contributed by atoms with Crippen molar-refractivity contribution in [3.05, 3.63) is 0 Å². The Hall–Kier alpha value is -0.860. The largest absolute Gasteiger partial charge is 0.403 e. The van der Waals surface area contributed by atoms with E-state index in [0.717, 1.165) is 6.54 Å². The summed E-state index contributed by atoms with van der Waals surface area (Å²) in [5.41, 5.74) is 0. The van der Waals surface area contributed by atoms with Gasteiger partial charge >= 0.3 is 6.18 Å². The van der Waals surface area contributed by atoms with Crippen LogP contribution in [0, 0.1) is 0 Å². The maximum absolute atomic E-state index is 12.7. The van der Waals surface area contributed by atoms with Gasteiger partial charge in [-0.05, 0) is 6.92 Å². The van der Waals surface area contributed by atoms with Crippen LogP contribution in [0.5, 0.6) is 0 Å². The van der Waals surface area contributed by atoms with Crippen molar-refractivity contribution in [2.75, 3.05) is 45.9 Å². The van der Waals surface area contributed by atoms with Crippen molar-refractivity contribution in [1.82, 2.24) is 15.1 Å². The third kappa shape index (κ3) is 4.55. The van der Waals surface area contributed by atoms with Crippen LogP contribution in [0.25, 0.3) is 0 Å². The van der Waals surface area contributed by atoms with Crippen LogP contribution in [0.4, 0.5) is 13.2 Å². The summed E-state index contributed by atoms with van der Waals surface area (Å²) >= 11 is 0. The molecule has 0 aliphatic carbocycles. The zero-order valence-electron chi connectivity index (χ0n) is 12.2. The Morgan fingerprint density at radius 2 is 2.00 bits per heavy atom. The summed E-state index contributed by atoms with van der Waals surface area (Å²) in [7, 11) is 0. The van der Waals surface area contributed by atoms with Gasteiger partial charge in [-0.1, -0.05) is 0 Å². The zero-order chi connectivity index (χ0) is 15.5. The Balaban J connectivity index is 1.76. The topological polar surface area (TPSA) is 44.8 Å². The maximum Gasteiger partial charge on any atom is 0.403 e. The van der Waals surface area contributed by atoms with E-state index in [4.69, 9.17) is 4.74 Å². The van der Waals surface area contributed by atoms with E-state index in [1.54, 1.807) is 4.90 Å². The van der Waals surface area contributed by atoms with Gasteiger partial charge in [-0.25, -0.2) is 0 Å². The lowest BCUT2D eigenvalue weighted by Crippen LogP contribution is -2.55. The van der Waals surface area contributed by atoms with Crippen molar-refractivity contribution in [1.29, 1.82) is 0 Å². The van der Waals surface area contributed by atoms with Crippen LogP contribution in [-0.2, 0) is 9.53 Å². The fraction of sp³-hybridized carbons (Fsp3) is 0.923. The second kappa shape index (κ2) is 6.93. The number of amides is 1. The van der Waals surface area contributed by atoms with Crippen molar-refractivity contribution in [2.45, 2.75) is 31.6 Å². The van der Waals surface area contributed by atoms with Gasteiger partial charge in [0.05, 0.1) is 13.2 Å². The maximum atomic E-state index is 12.7. The van der Waals surface area contributed by atoms with Crippen molar-refractivity contribution in [3.8, 4) is 0 Å². The summed E-state index contributed by atoms with van der Waals surface area (Å²) in [5.74, 6) is -0.0164. The number of halogens is 3. The zero-order valence-corrected chi connectivity index (χ0v) is 12.2. The highest BCUT2D eigenvalue weighted by atomic mass is 19.4. The fourth-order valence-electron chi connectivity index (χ4n) is 2.66. The molecule has 0 bridgehead atoms. The molecule has 0 aromatic carbocycles. The third-order valence-electron chi connectivity index (χ3n) is 4.11. The molecule has 2 heterocycles.